The molecule has 2 aliphatic heterocycles. The molecule has 0 unspecified atom stereocenters. The van der Waals surface area contributed by atoms with Gasteiger partial charge in [-0.05, 0) is 37.6 Å². The van der Waals surface area contributed by atoms with Gasteiger partial charge in [0.05, 0.1) is 11.8 Å². The van der Waals surface area contributed by atoms with E-state index in [0.717, 1.165) is 25.1 Å². The van der Waals surface area contributed by atoms with E-state index in [9.17, 15) is 19.5 Å². The molecule has 0 saturated carbocycles. The number of nitrogens with zero attached hydrogens (tertiary/aromatic N) is 3. The zero-order valence-corrected chi connectivity index (χ0v) is 16.6. The lowest BCUT2D eigenvalue weighted by molar-refractivity contribution is -0.147. The first-order valence-electron chi connectivity index (χ1n) is 9.97. The van der Waals surface area contributed by atoms with Gasteiger partial charge in [0.25, 0.3) is 5.91 Å². The van der Waals surface area contributed by atoms with Crippen LogP contribution in [0, 0.1) is 11.8 Å². The number of carbonyl (C=O) groups is 3. The van der Waals surface area contributed by atoms with Crippen molar-refractivity contribution in [3.63, 3.8) is 0 Å². The van der Waals surface area contributed by atoms with Crippen molar-refractivity contribution >= 4 is 17.8 Å². The molecule has 2 atom stereocenters. The Morgan fingerprint density at radius 3 is 2.14 bits per heavy atom. The number of carboxylic acids is 1. The highest BCUT2D eigenvalue weighted by Gasteiger charge is 2.39. The number of hydrogen-bond donors (Lipinski definition) is 1. The van der Waals surface area contributed by atoms with Crippen molar-refractivity contribution in [2.75, 3.05) is 46.3 Å². The molecule has 2 aliphatic rings. The SMILES string of the molecule is CCc1ccc(C(=O)N2C[C@H](C(=O)O)C[C@H](C(=O)N3CCN(C)CC3)C2)cc1. The zero-order chi connectivity index (χ0) is 20.3. The lowest BCUT2D eigenvalue weighted by Gasteiger charge is -2.39. The van der Waals surface area contributed by atoms with Crippen LogP contribution in [0.1, 0.15) is 29.3 Å². The van der Waals surface area contributed by atoms with Crippen molar-refractivity contribution in [1.29, 1.82) is 0 Å². The number of rotatable bonds is 4. The van der Waals surface area contributed by atoms with E-state index in [1.54, 1.807) is 17.0 Å². The molecule has 2 amide bonds. The predicted octanol–water partition coefficient (Wildman–Crippen LogP) is 1.19. The average Bonchev–Trinajstić information content (AvgIpc) is 2.73. The molecular weight excluding hydrogens is 358 g/mol. The number of benzene rings is 1. The predicted molar refractivity (Wildman–Crippen MR) is 105 cm³/mol. The second-order valence-electron chi connectivity index (χ2n) is 7.86. The fourth-order valence-electron chi connectivity index (χ4n) is 3.97. The van der Waals surface area contributed by atoms with Crippen molar-refractivity contribution in [2.24, 2.45) is 11.8 Å². The summed E-state index contributed by atoms with van der Waals surface area (Å²) >= 11 is 0. The Morgan fingerprint density at radius 1 is 0.964 bits per heavy atom. The quantitative estimate of drug-likeness (QED) is 0.839. The average molecular weight is 387 g/mol. The summed E-state index contributed by atoms with van der Waals surface area (Å²) < 4.78 is 0. The number of piperidine rings is 1. The van der Waals surface area contributed by atoms with Crippen LogP contribution in [-0.2, 0) is 16.0 Å². The highest BCUT2D eigenvalue weighted by molar-refractivity contribution is 5.95. The lowest BCUT2D eigenvalue weighted by Crippen LogP contribution is -2.54. The van der Waals surface area contributed by atoms with Crippen LogP contribution in [0.4, 0.5) is 0 Å². The molecule has 2 heterocycles. The first-order valence-corrected chi connectivity index (χ1v) is 9.97. The molecule has 0 spiro atoms. The summed E-state index contributed by atoms with van der Waals surface area (Å²) in [6, 6.07) is 7.39. The Bertz CT molecular complexity index is 726. The van der Waals surface area contributed by atoms with Gasteiger partial charge in [0.1, 0.15) is 0 Å². The van der Waals surface area contributed by atoms with Crippen molar-refractivity contribution in [2.45, 2.75) is 19.8 Å². The molecule has 3 rings (SSSR count). The number of aliphatic carboxylic acids is 1. The Kier molecular flexibility index (Phi) is 6.34. The largest absolute Gasteiger partial charge is 0.481 e. The van der Waals surface area contributed by atoms with Gasteiger partial charge in [-0.1, -0.05) is 19.1 Å². The number of carboxylic acid groups (broad SMARTS) is 1. The second-order valence-corrected chi connectivity index (χ2v) is 7.86. The van der Waals surface area contributed by atoms with E-state index in [2.05, 4.69) is 4.90 Å². The number of aryl methyl sites for hydroxylation is 1. The maximum Gasteiger partial charge on any atom is 0.308 e. The van der Waals surface area contributed by atoms with Gasteiger partial charge in [-0.25, -0.2) is 0 Å². The van der Waals surface area contributed by atoms with E-state index < -0.39 is 17.8 Å². The minimum absolute atomic E-state index is 0.0295. The maximum atomic E-state index is 13.0. The third-order valence-electron chi connectivity index (χ3n) is 5.86. The molecular formula is C21H29N3O4. The van der Waals surface area contributed by atoms with Gasteiger partial charge >= 0.3 is 5.97 Å². The van der Waals surface area contributed by atoms with Crippen LogP contribution in [0.5, 0.6) is 0 Å². The fraction of sp³-hybridized carbons (Fsp3) is 0.571. The monoisotopic (exact) mass is 387 g/mol. The Balaban J connectivity index is 1.74. The summed E-state index contributed by atoms with van der Waals surface area (Å²) in [6.07, 6.45) is 1.18. The molecule has 7 nitrogen and oxygen atoms in total. The van der Waals surface area contributed by atoms with E-state index >= 15 is 0 Å². The van der Waals surface area contributed by atoms with Crippen LogP contribution in [0.2, 0.25) is 0 Å². The summed E-state index contributed by atoms with van der Waals surface area (Å²) in [4.78, 5) is 43.1. The van der Waals surface area contributed by atoms with Crippen LogP contribution in [-0.4, -0.2) is 83.9 Å². The van der Waals surface area contributed by atoms with Gasteiger partial charge in [-0.3, -0.25) is 14.4 Å². The highest BCUT2D eigenvalue weighted by Crippen LogP contribution is 2.26. The fourth-order valence-corrected chi connectivity index (χ4v) is 3.97. The number of carbonyl (C=O) groups excluding carboxylic acids is 2. The Morgan fingerprint density at radius 2 is 1.57 bits per heavy atom. The molecule has 0 radical (unpaired) electrons. The molecule has 1 aromatic rings. The van der Waals surface area contributed by atoms with Gasteiger partial charge in [-0.15, -0.1) is 0 Å². The third kappa shape index (κ3) is 4.52. The highest BCUT2D eigenvalue weighted by atomic mass is 16.4. The minimum atomic E-state index is -0.949. The summed E-state index contributed by atoms with van der Waals surface area (Å²) in [7, 11) is 2.02. The maximum absolute atomic E-state index is 13.0. The van der Waals surface area contributed by atoms with Crippen molar-refractivity contribution in [1.82, 2.24) is 14.7 Å². The Labute approximate surface area is 165 Å². The molecule has 0 aromatic heterocycles. The molecule has 7 heteroatoms. The van der Waals surface area contributed by atoms with Crippen LogP contribution in [0.3, 0.4) is 0 Å². The molecule has 0 aliphatic carbocycles. The number of piperazine rings is 1. The van der Waals surface area contributed by atoms with Gasteiger partial charge < -0.3 is 19.8 Å². The first-order chi connectivity index (χ1) is 13.4. The van der Waals surface area contributed by atoms with E-state index in [1.165, 1.54) is 0 Å². The standard InChI is InChI=1S/C21H29N3O4/c1-3-15-4-6-16(7-5-15)19(25)24-13-17(12-18(14-24)21(27)28)20(26)23-10-8-22(2)9-11-23/h4-7,17-18H,3,8-14H2,1-2H3,(H,27,28)/t17-,18+/m0/s1. The van der Waals surface area contributed by atoms with Crippen LogP contribution < -0.4 is 0 Å². The van der Waals surface area contributed by atoms with Crippen LogP contribution in [0.25, 0.3) is 0 Å². The third-order valence-corrected chi connectivity index (χ3v) is 5.86. The van der Waals surface area contributed by atoms with Crippen molar-refractivity contribution in [3.8, 4) is 0 Å². The van der Waals surface area contributed by atoms with Crippen LogP contribution >= 0.6 is 0 Å². The molecule has 0 bridgehead atoms. The molecule has 152 valence electrons. The molecule has 1 N–H and O–H groups in total. The smallest absolute Gasteiger partial charge is 0.308 e. The normalized spacial score (nSPS) is 23.5. The summed E-state index contributed by atoms with van der Waals surface area (Å²) in [5.41, 5.74) is 1.68. The first kappa shape index (κ1) is 20.3. The summed E-state index contributed by atoms with van der Waals surface area (Å²) in [5, 5.41) is 9.55. The molecule has 28 heavy (non-hydrogen) atoms. The van der Waals surface area contributed by atoms with Crippen molar-refractivity contribution in [3.05, 3.63) is 35.4 Å². The van der Waals surface area contributed by atoms with Crippen molar-refractivity contribution < 1.29 is 19.5 Å². The molecule has 2 saturated heterocycles. The minimum Gasteiger partial charge on any atom is -0.481 e. The van der Waals surface area contributed by atoms with Gasteiger partial charge in [-0.2, -0.15) is 0 Å². The van der Waals surface area contributed by atoms with Gasteiger partial charge in [0.15, 0.2) is 0 Å². The van der Waals surface area contributed by atoms with E-state index in [4.69, 9.17) is 0 Å². The number of amides is 2. The van der Waals surface area contributed by atoms with Gasteiger partial charge in [0.2, 0.25) is 5.91 Å². The van der Waals surface area contributed by atoms with E-state index in [1.807, 2.05) is 31.0 Å². The topological polar surface area (TPSA) is 81.2 Å². The second kappa shape index (κ2) is 8.73. The van der Waals surface area contributed by atoms with Crippen LogP contribution in [0.15, 0.2) is 24.3 Å². The lowest BCUT2D eigenvalue weighted by atomic mass is 9.87. The number of likely N-dealkylation sites (tertiary alicyclic amines) is 1. The molecule has 2 fully saturated rings. The number of hydrogen-bond acceptors (Lipinski definition) is 4. The van der Waals surface area contributed by atoms with E-state index in [0.29, 0.717) is 25.1 Å². The molecule has 1 aromatic carbocycles. The Hall–Kier alpha value is -2.41. The number of likely N-dealkylation sites (N-methyl/N-ethyl adjacent to an activating group) is 1. The summed E-state index contributed by atoms with van der Waals surface area (Å²) in [6.45, 7) is 5.40. The zero-order valence-electron chi connectivity index (χ0n) is 16.6. The summed E-state index contributed by atoms with van der Waals surface area (Å²) in [5.74, 6) is -2.36. The van der Waals surface area contributed by atoms with Gasteiger partial charge in [0, 0.05) is 44.8 Å². The van der Waals surface area contributed by atoms with E-state index in [-0.39, 0.29) is 24.9 Å².